The number of aryl methyl sites for hydroxylation is 1. The number of carbonyl (C=O) groups excluding carboxylic acids is 1. The van der Waals surface area contributed by atoms with Crippen molar-refractivity contribution >= 4 is 21.6 Å². The summed E-state index contributed by atoms with van der Waals surface area (Å²) in [4.78, 5) is 15.9. The molecule has 29 heavy (non-hydrogen) atoms. The maximum Gasteiger partial charge on any atom is 0.250 e. The molecule has 0 radical (unpaired) electrons. The summed E-state index contributed by atoms with van der Waals surface area (Å²) in [6.07, 6.45) is 0.545. The van der Waals surface area contributed by atoms with Gasteiger partial charge in [0, 0.05) is 17.3 Å². The molecule has 1 aromatic heterocycles. The predicted molar refractivity (Wildman–Crippen MR) is 106 cm³/mol. The van der Waals surface area contributed by atoms with E-state index in [2.05, 4.69) is 15.4 Å². The van der Waals surface area contributed by atoms with Crippen molar-refractivity contribution in [2.75, 3.05) is 4.90 Å². The Balaban J connectivity index is 1.55. The number of hydrogen-bond acceptors (Lipinski definition) is 6. The SMILES string of the molecule is Cc1ccc(-c2nnn(CC(=O)N3c4ccc(S(N)(=O)=O)cc4C[C@H]3C)n2)cc1. The minimum absolute atomic E-state index is 0.0402. The number of rotatable bonds is 4. The zero-order valence-electron chi connectivity index (χ0n) is 16.0. The van der Waals surface area contributed by atoms with E-state index in [-0.39, 0.29) is 23.4 Å². The largest absolute Gasteiger partial charge is 0.307 e. The molecular formula is C19H20N6O3S. The first-order valence-corrected chi connectivity index (χ1v) is 10.6. The quantitative estimate of drug-likeness (QED) is 0.688. The van der Waals surface area contributed by atoms with Gasteiger partial charge in [-0.25, -0.2) is 13.6 Å². The highest BCUT2D eigenvalue weighted by molar-refractivity contribution is 7.89. The topological polar surface area (TPSA) is 124 Å². The first-order valence-electron chi connectivity index (χ1n) is 9.05. The summed E-state index contributed by atoms with van der Waals surface area (Å²) in [5.74, 6) is 0.248. The first kappa shape index (κ1) is 19.2. The lowest BCUT2D eigenvalue weighted by Gasteiger charge is -2.22. The van der Waals surface area contributed by atoms with Gasteiger partial charge in [0.05, 0.1) is 4.90 Å². The Kier molecular flexibility index (Phi) is 4.67. The minimum Gasteiger partial charge on any atom is -0.307 e. The number of nitrogens with zero attached hydrogens (tertiary/aromatic N) is 5. The smallest absolute Gasteiger partial charge is 0.250 e. The number of carbonyl (C=O) groups is 1. The molecule has 3 aromatic rings. The van der Waals surface area contributed by atoms with Crippen molar-refractivity contribution in [1.29, 1.82) is 0 Å². The Hall–Kier alpha value is -3.11. The molecule has 2 aromatic carbocycles. The molecule has 0 bridgehead atoms. The fourth-order valence-electron chi connectivity index (χ4n) is 3.49. The van der Waals surface area contributed by atoms with Crippen LogP contribution in [0.2, 0.25) is 0 Å². The molecule has 2 heterocycles. The van der Waals surface area contributed by atoms with E-state index in [0.29, 0.717) is 17.9 Å². The molecule has 1 aliphatic heterocycles. The van der Waals surface area contributed by atoms with E-state index in [4.69, 9.17) is 5.14 Å². The molecule has 9 nitrogen and oxygen atoms in total. The summed E-state index contributed by atoms with van der Waals surface area (Å²) in [7, 11) is -3.79. The number of hydrogen-bond donors (Lipinski definition) is 1. The lowest BCUT2D eigenvalue weighted by molar-refractivity contribution is -0.119. The second-order valence-electron chi connectivity index (χ2n) is 7.16. The number of nitrogens with two attached hydrogens (primary N) is 1. The first-order chi connectivity index (χ1) is 13.7. The van der Waals surface area contributed by atoms with Crippen LogP contribution >= 0.6 is 0 Å². The number of anilines is 1. The molecule has 0 unspecified atom stereocenters. The highest BCUT2D eigenvalue weighted by Crippen LogP contribution is 2.33. The van der Waals surface area contributed by atoms with Crippen molar-refractivity contribution in [3.05, 3.63) is 53.6 Å². The number of tetrazole rings is 1. The van der Waals surface area contributed by atoms with Gasteiger partial charge in [-0.3, -0.25) is 4.79 Å². The number of amides is 1. The van der Waals surface area contributed by atoms with E-state index >= 15 is 0 Å². The molecule has 0 saturated heterocycles. The van der Waals surface area contributed by atoms with E-state index in [9.17, 15) is 13.2 Å². The second-order valence-corrected chi connectivity index (χ2v) is 8.72. The third-order valence-corrected chi connectivity index (χ3v) is 5.81. The van der Waals surface area contributed by atoms with E-state index < -0.39 is 10.0 Å². The van der Waals surface area contributed by atoms with Crippen molar-refractivity contribution in [3.8, 4) is 11.4 Å². The van der Waals surface area contributed by atoms with Crippen LogP contribution in [-0.2, 0) is 27.8 Å². The second kappa shape index (κ2) is 7.05. The summed E-state index contributed by atoms with van der Waals surface area (Å²) in [5.41, 5.74) is 3.39. The molecule has 1 amide bonds. The monoisotopic (exact) mass is 412 g/mol. The van der Waals surface area contributed by atoms with Crippen molar-refractivity contribution in [3.63, 3.8) is 0 Å². The van der Waals surface area contributed by atoms with E-state index in [1.54, 1.807) is 11.0 Å². The van der Waals surface area contributed by atoms with E-state index in [1.165, 1.54) is 16.9 Å². The molecule has 0 spiro atoms. The lowest BCUT2D eigenvalue weighted by Crippen LogP contribution is -2.38. The van der Waals surface area contributed by atoms with Crippen molar-refractivity contribution in [1.82, 2.24) is 20.2 Å². The van der Waals surface area contributed by atoms with Gasteiger partial charge in [-0.15, -0.1) is 10.2 Å². The molecule has 2 N–H and O–H groups in total. The summed E-state index contributed by atoms with van der Waals surface area (Å²) in [6.45, 7) is 3.83. The third-order valence-electron chi connectivity index (χ3n) is 4.90. The van der Waals surface area contributed by atoms with Crippen LogP contribution < -0.4 is 10.0 Å². The maximum absolute atomic E-state index is 12.9. The van der Waals surface area contributed by atoms with E-state index in [1.807, 2.05) is 38.1 Å². The minimum atomic E-state index is -3.79. The number of aromatic nitrogens is 4. The van der Waals surface area contributed by atoms with E-state index in [0.717, 1.165) is 16.7 Å². The van der Waals surface area contributed by atoms with Crippen LogP contribution in [0.3, 0.4) is 0 Å². The molecule has 1 aliphatic rings. The summed E-state index contributed by atoms with van der Waals surface area (Å²) in [6, 6.07) is 12.2. The van der Waals surface area contributed by atoms with Crippen molar-refractivity contribution in [2.45, 2.75) is 37.8 Å². The number of fused-ring (bicyclic) bond motifs is 1. The highest BCUT2D eigenvalue weighted by atomic mass is 32.2. The Morgan fingerprint density at radius 3 is 2.62 bits per heavy atom. The van der Waals surface area contributed by atoms with Crippen molar-refractivity contribution < 1.29 is 13.2 Å². The standard InChI is InChI=1S/C19H20N6O3S/c1-12-3-5-14(6-4-12)19-21-23-24(22-19)11-18(26)25-13(2)9-15-10-16(29(20,27)28)7-8-17(15)25/h3-8,10,13H,9,11H2,1-2H3,(H2,20,27,28)/t13-/m1/s1. The summed E-state index contributed by atoms with van der Waals surface area (Å²) < 4.78 is 23.2. The lowest BCUT2D eigenvalue weighted by atomic mass is 10.1. The zero-order chi connectivity index (χ0) is 20.8. The molecule has 0 saturated carbocycles. The highest BCUT2D eigenvalue weighted by Gasteiger charge is 2.32. The van der Waals surface area contributed by atoms with Crippen LogP contribution in [0.25, 0.3) is 11.4 Å². The van der Waals surface area contributed by atoms with Gasteiger partial charge in [0.1, 0.15) is 6.54 Å². The fraction of sp³-hybridized carbons (Fsp3) is 0.263. The van der Waals surface area contributed by atoms with Gasteiger partial charge in [0.15, 0.2) is 0 Å². The van der Waals surface area contributed by atoms with Gasteiger partial charge in [-0.2, -0.15) is 4.80 Å². The van der Waals surface area contributed by atoms with Gasteiger partial charge < -0.3 is 4.90 Å². The molecule has 10 heteroatoms. The number of benzene rings is 2. The maximum atomic E-state index is 12.9. The number of sulfonamides is 1. The van der Waals surface area contributed by atoms with Gasteiger partial charge >= 0.3 is 0 Å². The molecular weight excluding hydrogens is 392 g/mol. The van der Waals surface area contributed by atoms with Crippen LogP contribution in [0.1, 0.15) is 18.1 Å². The van der Waals surface area contributed by atoms with Gasteiger partial charge in [0.25, 0.3) is 5.91 Å². The van der Waals surface area contributed by atoms with Crippen molar-refractivity contribution in [2.24, 2.45) is 5.14 Å². The van der Waals surface area contributed by atoms with Crippen LogP contribution in [0.4, 0.5) is 5.69 Å². The Bertz CT molecular complexity index is 1190. The third kappa shape index (κ3) is 3.76. The Morgan fingerprint density at radius 1 is 1.21 bits per heavy atom. The average Bonchev–Trinajstić information content (AvgIpc) is 3.24. The van der Waals surface area contributed by atoms with Gasteiger partial charge in [0.2, 0.25) is 15.8 Å². The molecule has 4 rings (SSSR count). The van der Waals surface area contributed by atoms with Crippen LogP contribution in [0, 0.1) is 6.92 Å². The predicted octanol–water partition coefficient (Wildman–Crippen LogP) is 1.27. The van der Waals surface area contributed by atoms with Crippen LogP contribution in [0.15, 0.2) is 47.4 Å². The normalized spacial score (nSPS) is 16.1. The van der Waals surface area contributed by atoms with Gasteiger partial charge in [-0.1, -0.05) is 29.8 Å². The molecule has 0 aliphatic carbocycles. The average molecular weight is 412 g/mol. The molecule has 0 fully saturated rings. The Morgan fingerprint density at radius 2 is 1.93 bits per heavy atom. The van der Waals surface area contributed by atoms with Gasteiger partial charge in [-0.05, 0) is 49.2 Å². The number of primary sulfonamides is 1. The Labute approximate surface area is 168 Å². The van der Waals surface area contributed by atoms with Crippen LogP contribution in [0.5, 0.6) is 0 Å². The zero-order valence-corrected chi connectivity index (χ0v) is 16.8. The van der Waals surface area contributed by atoms with Crippen LogP contribution in [-0.4, -0.2) is 40.6 Å². The fourth-order valence-corrected chi connectivity index (χ4v) is 4.05. The molecule has 150 valence electrons. The summed E-state index contributed by atoms with van der Waals surface area (Å²) in [5, 5.41) is 17.5. The summed E-state index contributed by atoms with van der Waals surface area (Å²) >= 11 is 0. The molecule has 1 atom stereocenters.